The van der Waals surface area contributed by atoms with E-state index in [-0.39, 0.29) is 12.2 Å². The van der Waals surface area contributed by atoms with Gasteiger partial charge in [-0.15, -0.1) is 0 Å². The summed E-state index contributed by atoms with van der Waals surface area (Å²) in [5, 5.41) is 0.977. The first kappa shape index (κ1) is 17.7. The molecule has 4 rings (SSSR count). The van der Waals surface area contributed by atoms with Gasteiger partial charge in [-0.2, -0.15) is 0 Å². The topological polar surface area (TPSA) is 59.2 Å². The van der Waals surface area contributed by atoms with Crippen LogP contribution in [0.4, 0.5) is 0 Å². The van der Waals surface area contributed by atoms with E-state index in [4.69, 9.17) is 4.74 Å². The van der Waals surface area contributed by atoms with E-state index in [0.29, 0.717) is 11.1 Å². The number of fused-ring (bicyclic) bond motifs is 1. The molecule has 0 radical (unpaired) electrons. The van der Waals surface area contributed by atoms with Crippen LogP contribution in [0.2, 0.25) is 0 Å². The quantitative estimate of drug-likeness (QED) is 0.389. The largest absolute Gasteiger partial charge is 0.449 e. The molecular weight excluding hydrogens is 350 g/mol. The van der Waals surface area contributed by atoms with Gasteiger partial charge in [0.25, 0.3) is 0 Å². The van der Waals surface area contributed by atoms with E-state index in [1.165, 1.54) is 0 Å². The number of hydrogen-bond donors (Lipinski definition) is 1. The lowest BCUT2D eigenvalue weighted by Gasteiger charge is -2.17. The smallest absolute Gasteiger partial charge is 0.311 e. The molecule has 1 heterocycles. The minimum absolute atomic E-state index is 0.0927. The molecule has 0 spiro atoms. The van der Waals surface area contributed by atoms with Crippen LogP contribution in [0.15, 0.2) is 91.1 Å². The molecule has 1 N–H and O–H groups in total. The van der Waals surface area contributed by atoms with E-state index in [2.05, 4.69) is 4.98 Å². The van der Waals surface area contributed by atoms with Gasteiger partial charge in [-0.05, 0) is 11.6 Å². The standard InChI is InChI=1S/C24H19NO3/c26-22(15-19-16-25-21-14-8-7-13-20(19)21)28-24(18-11-5-2-6-12-18)23(27)17-9-3-1-4-10-17/h1-14,16,24-25H,15H2/t24-/m1/s1. The molecule has 1 aromatic heterocycles. The molecule has 0 unspecified atom stereocenters. The number of H-pyrrole nitrogens is 1. The molecule has 4 aromatic rings. The second-order valence-corrected chi connectivity index (χ2v) is 6.55. The predicted molar refractivity (Wildman–Crippen MR) is 108 cm³/mol. The van der Waals surface area contributed by atoms with Crippen molar-refractivity contribution in [3.63, 3.8) is 0 Å². The SMILES string of the molecule is O=C(Cc1c[nH]c2ccccc12)O[C@@H](C(=O)c1ccccc1)c1ccccc1. The first-order chi connectivity index (χ1) is 13.7. The third kappa shape index (κ3) is 3.71. The molecule has 1 atom stereocenters. The number of aromatic nitrogens is 1. The Bertz CT molecular complexity index is 1100. The molecule has 0 saturated heterocycles. The van der Waals surface area contributed by atoms with Crippen LogP contribution in [-0.2, 0) is 16.0 Å². The maximum Gasteiger partial charge on any atom is 0.311 e. The second kappa shape index (κ2) is 7.92. The van der Waals surface area contributed by atoms with Gasteiger partial charge in [0, 0.05) is 28.2 Å². The Hall–Kier alpha value is -3.66. The summed E-state index contributed by atoms with van der Waals surface area (Å²) in [7, 11) is 0. The van der Waals surface area contributed by atoms with Crippen LogP contribution < -0.4 is 0 Å². The first-order valence-corrected chi connectivity index (χ1v) is 9.11. The van der Waals surface area contributed by atoms with Crippen LogP contribution in [0, 0.1) is 0 Å². The Labute approximate surface area is 162 Å². The van der Waals surface area contributed by atoms with Gasteiger partial charge in [-0.25, -0.2) is 0 Å². The number of esters is 1. The highest BCUT2D eigenvalue weighted by molar-refractivity contribution is 6.01. The highest BCUT2D eigenvalue weighted by Crippen LogP contribution is 2.24. The van der Waals surface area contributed by atoms with E-state index in [1.807, 2.05) is 54.7 Å². The fraction of sp³-hybridized carbons (Fsp3) is 0.0833. The fourth-order valence-corrected chi connectivity index (χ4v) is 3.26. The molecule has 3 aromatic carbocycles. The zero-order chi connectivity index (χ0) is 19.3. The molecule has 0 amide bonds. The molecular formula is C24H19NO3. The molecule has 4 nitrogen and oxygen atoms in total. The summed E-state index contributed by atoms with van der Waals surface area (Å²) < 4.78 is 5.67. The van der Waals surface area contributed by atoms with Crippen molar-refractivity contribution in [1.29, 1.82) is 0 Å². The fourth-order valence-electron chi connectivity index (χ4n) is 3.26. The summed E-state index contributed by atoms with van der Waals surface area (Å²) >= 11 is 0. The number of rotatable bonds is 6. The molecule has 0 aliphatic heterocycles. The van der Waals surface area contributed by atoms with Gasteiger partial charge in [-0.3, -0.25) is 9.59 Å². The summed E-state index contributed by atoms with van der Waals surface area (Å²) in [6.45, 7) is 0. The Morgan fingerprint density at radius 3 is 2.21 bits per heavy atom. The number of para-hydroxylation sites is 1. The number of nitrogens with one attached hydrogen (secondary N) is 1. The minimum atomic E-state index is -0.971. The minimum Gasteiger partial charge on any atom is -0.449 e. The van der Waals surface area contributed by atoms with E-state index in [0.717, 1.165) is 16.5 Å². The van der Waals surface area contributed by atoms with Gasteiger partial charge in [0.2, 0.25) is 5.78 Å². The van der Waals surface area contributed by atoms with Gasteiger partial charge in [0.05, 0.1) is 6.42 Å². The zero-order valence-corrected chi connectivity index (χ0v) is 15.2. The number of ether oxygens (including phenoxy) is 1. The number of aromatic amines is 1. The van der Waals surface area contributed by atoms with Crippen molar-refractivity contribution in [2.45, 2.75) is 12.5 Å². The molecule has 0 bridgehead atoms. The van der Waals surface area contributed by atoms with Crippen molar-refractivity contribution in [1.82, 2.24) is 4.98 Å². The number of hydrogen-bond acceptors (Lipinski definition) is 3. The lowest BCUT2D eigenvalue weighted by atomic mass is 10.00. The van der Waals surface area contributed by atoms with Crippen molar-refractivity contribution in [2.24, 2.45) is 0 Å². The second-order valence-electron chi connectivity index (χ2n) is 6.55. The predicted octanol–water partition coefficient (Wildman–Crippen LogP) is 4.88. The average molecular weight is 369 g/mol. The summed E-state index contributed by atoms with van der Waals surface area (Å²) in [5.74, 6) is -0.679. The molecule has 0 aliphatic carbocycles. The third-order valence-corrected chi connectivity index (χ3v) is 4.66. The summed E-state index contributed by atoms with van der Waals surface area (Å²) in [6.07, 6.45) is 0.930. The molecule has 138 valence electrons. The average Bonchev–Trinajstić information content (AvgIpc) is 3.15. The number of Topliss-reactive ketones (excluding diaryl/α,β-unsaturated/α-hetero) is 1. The molecule has 0 aliphatic rings. The van der Waals surface area contributed by atoms with Crippen LogP contribution in [-0.4, -0.2) is 16.7 Å². The highest BCUT2D eigenvalue weighted by Gasteiger charge is 2.26. The zero-order valence-electron chi connectivity index (χ0n) is 15.2. The van der Waals surface area contributed by atoms with Crippen LogP contribution in [0.1, 0.15) is 27.6 Å². The maximum absolute atomic E-state index is 13.0. The maximum atomic E-state index is 13.0. The van der Waals surface area contributed by atoms with E-state index >= 15 is 0 Å². The van der Waals surface area contributed by atoms with Crippen molar-refractivity contribution < 1.29 is 14.3 Å². The van der Waals surface area contributed by atoms with Crippen LogP contribution in [0.5, 0.6) is 0 Å². The summed E-state index contributed by atoms with van der Waals surface area (Å²) in [6, 6.07) is 25.8. The van der Waals surface area contributed by atoms with Crippen LogP contribution in [0.3, 0.4) is 0 Å². The van der Waals surface area contributed by atoms with Gasteiger partial charge in [0.15, 0.2) is 6.10 Å². The molecule has 0 fully saturated rings. The van der Waals surface area contributed by atoms with Crippen LogP contribution >= 0.6 is 0 Å². The number of carbonyl (C=O) groups is 2. The monoisotopic (exact) mass is 369 g/mol. The number of benzene rings is 3. The van der Waals surface area contributed by atoms with E-state index < -0.39 is 12.1 Å². The van der Waals surface area contributed by atoms with E-state index in [1.54, 1.807) is 36.4 Å². The van der Waals surface area contributed by atoms with Gasteiger partial charge < -0.3 is 9.72 Å². The van der Waals surface area contributed by atoms with Crippen LogP contribution in [0.25, 0.3) is 10.9 Å². The number of ketones is 1. The van der Waals surface area contributed by atoms with Crippen molar-refractivity contribution in [3.8, 4) is 0 Å². The first-order valence-electron chi connectivity index (χ1n) is 9.11. The third-order valence-electron chi connectivity index (χ3n) is 4.66. The summed E-state index contributed by atoms with van der Waals surface area (Å²) in [5.41, 5.74) is 2.98. The Kier molecular flexibility index (Phi) is 5.02. The van der Waals surface area contributed by atoms with Gasteiger partial charge >= 0.3 is 5.97 Å². The molecule has 0 saturated carbocycles. The Balaban J connectivity index is 1.58. The molecule has 4 heteroatoms. The normalized spacial score (nSPS) is 11.9. The van der Waals surface area contributed by atoms with Gasteiger partial charge in [0.1, 0.15) is 0 Å². The Morgan fingerprint density at radius 1 is 0.821 bits per heavy atom. The van der Waals surface area contributed by atoms with Gasteiger partial charge in [-0.1, -0.05) is 78.9 Å². The lowest BCUT2D eigenvalue weighted by Crippen LogP contribution is -2.21. The summed E-state index contributed by atoms with van der Waals surface area (Å²) in [4.78, 5) is 28.8. The van der Waals surface area contributed by atoms with Crippen molar-refractivity contribution in [3.05, 3.63) is 108 Å². The van der Waals surface area contributed by atoms with Crippen molar-refractivity contribution >= 4 is 22.7 Å². The lowest BCUT2D eigenvalue weighted by molar-refractivity contribution is -0.146. The van der Waals surface area contributed by atoms with E-state index in [9.17, 15) is 9.59 Å². The number of carbonyl (C=O) groups excluding carboxylic acids is 2. The van der Waals surface area contributed by atoms with Crippen molar-refractivity contribution in [2.75, 3.05) is 0 Å². The highest BCUT2D eigenvalue weighted by atomic mass is 16.5. The molecule has 28 heavy (non-hydrogen) atoms. The Morgan fingerprint density at radius 2 is 1.46 bits per heavy atom.